The lowest BCUT2D eigenvalue weighted by atomic mass is 9.91. The molecule has 2 nitrogen and oxygen atoms in total. The molecular formula is C16H22N2. The van der Waals surface area contributed by atoms with Gasteiger partial charge in [-0.05, 0) is 29.4 Å². The van der Waals surface area contributed by atoms with Gasteiger partial charge in [0.2, 0.25) is 0 Å². The van der Waals surface area contributed by atoms with Crippen molar-refractivity contribution in [2.45, 2.75) is 33.2 Å². The third-order valence-corrected chi connectivity index (χ3v) is 3.63. The van der Waals surface area contributed by atoms with Gasteiger partial charge in [0, 0.05) is 19.6 Å². The van der Waals surface area contributed by atoms with Crippen LogP contribution in [0.25, 0.3) is 0 Å². The van der Waals surface area contributed by atoms with Crippen LogP contribution in [0.3, 0.4) is 0 Å². The first-order chi connectivity index (χ1) is 8.67. The van der Waals surface area contributed by atoms with Crippen LogP contribution in [-0.4, -0.2) is 18.0 Å². The van der Waals surface area contributed by atoms with Crippen LogP contribution in [0.15, 0.2) is 24.3 Å². The molecule has 96 valence electrons. The summed E-state index contributed by atoms with van der Waals surface area (Å²) in [6.45, 7) is 8.11. The molecule has 2 rings (SSSR count). The van der Waals surface area contributed by atoms with Crippen LogP contribution in [0.4, 0.5) is 0 Å². The van der Waals surface area contributed by atoms with E-state index in [-0.39, 0.29) is 0 Å². The fraction of sp³-hybridized carbons (Fsp3) is 0.562. The molecule has 1 aliphatic heterocycles. The Hall–Kier alpha value is -1.33. The van der Waals surface area contributed by atoms with Crippen molar-refractivity contribution in [3.05, 3.63) is 35.4 Å². The van der Waals surface area contributed by atoms with Crippen LogP contribution in [0.5, 0.6) is 0 Å². The standard InChI is InChI=1S/C16H22N2/c1-13-8-14(2)11-18(10-13)12-16-5-3-4-15(9-16)6-7-17/h3-5,9,13-14H,6,8,10-12H2,1-2H3. The summed E-state index contributed by atoms with van der Waals surface area (Å²) < 4.78 is 0. The minimum Gasteiger partial charge on any atom is -0.299 e. The zero-order chi connectivity index (χ0) is 13.0. The Kier molecular flexibility index (Phi) is 4.38. The molecule has 18 heavy (non-hydrogen) atoms. The number of likely N-dealkylation sites (tertiary alicyclic amines) is 1. The van der Waals surface area contributed by atoms with Gasteiger partial charge in [-0.3, -0.25) is 4.90 Å². The topological polar surface area (TPSA) is 27.0 Å². The van der Waals surface area contributed by atoms with Gasteiger partial charge in [0.25, 0.3) is 0 Å². The minimum absolute atomic E-state index is 0.515. The highest BCUT2D eigenvalue weighted by Gasteiger charge is 2.21. The molecule has 1 fully saturated rings. The summed E-state index contributed by atoms with van der Waals surface area (Å²) in [5, 5.41) is 8.74. The van der Waals surface area contributed by atoms with Gasteiger partial charge in [0.1, 0.15) is 0 Å². The SMILES string of the molecule is CC1CC(C)CN(Cc2cccc(CC#N)c2)C1. The number of hydrogen-bond donors (Lipinski definition) is 0. The van der Waals surface area contributed by atoms with Crippen molar-refractivity contribution in [2.75, 3.05) is 13.1 Å². The largest absolute Gasteiger partial charge is 0.299 e. The van der Waals surface area contributed by atoms with Crippen molar-refractivity contribution in [1.82, 2.24) is 4.90 Å². The van der Waals surface area contributed by atoms with Crippen LogP contribution in [0.2, 0.25) is 0 Å². The predicted molar refractivity (Wildman–Crippen MR) is 74.0 cm³/mol. The third kappa shape index (κ3) is 3.58. The Morgan fingerprint density at radius 3 is 2.56 bits per heavy atom. The summed E-state index contributed by atoms with van der Waals surface area (Å²) in [7, 11) is 0. The van der Waals surface area contributed by atoms with E-state index in [1.165, 1.54) is 25.1 Å². The summed E-state index contributed by atoms with van der Waals surface area (Å²) in [4.78, 5) is 2.55. The van der Waals surface area contributed by atoms with E-state index in [9.17, 15) is 0 Å². The number of nitriles is 1. The molecule has 0 radical (unpaired) electrons. The lowest BCUT2D eigenvalue weighted by Gasteiger charge is -2.35. The van der Waals surface area contributed by atoms with Gasteiger partial charge in [-0.2, -0.15) is 5.26 Å². The molecule has 1 heterocycles. The third-order valence-electron chi connectivity index (χ3n) is 3.63. The molecule has 2 atom stereocenters. The van der Waals surface area contributed by atoms with Crippen molar-refractivity contribution in [2.24, 2.45) is 11.8 Å². The molecule has 1 aromatic rings. The molecule has 0 amide bonds. The average molecular weight is 242 g/mol. The second kappa shape index (κ2) is 6.02. The normalized spacial score (nSPS) is 24.7. The molecule has 0 saturated carbocycles. The molecule has 1 saturated heterocycles. The molecule has 1 aliphatic rings. The molecule has 0 N–H and O–H groups in total. The second-order valence-electron chi connectivity index (χ2n) is 5.79. The maximum atomic E-state index is 8.74. The lowest BCUT2D eigenvalue weighted by molar-refractivity contribution is 0.134. The average Bonchev–Trinajstić information content (AvgIpc) is 2.28. The maximum absolute atomic E-state index is 8.74. The smallest absolute Gasteiger partial charge is 0.0669 e. The first-order valence-electron chi connectivity index (χ1n) is 6.84. The van der Waals surface area contributed by atoms with Crippen LogP contribution in [-0.2, 0) is 13.0 Å². The first kappa shape index (κ1) is 13.1. The molecule has 2 unspecified atom stereocenters. The zero-order valence-electron chi connectivity index (χ0n) is 11.4. The quantitative estimate of drug-likeness (QED) is 0.813. The Bertz CT molecular complexity index is 423. The summed E-state index contributed by atoms with van der Waals surface area (Å²) in [6.07, 6.45) is 1.87. The number of benzene rings is 1. The summed E-state index contributed by atoms with van der Waals surface area (Å²) in [5.41, 5.74) is 2.47. The van der Waals surface area contributed by atoms with E-state index in [0.29, 0.717) is 6.42 Å². The number of nitrogens with zero attached hydrogens (tertiary/aromatic N) is 2. The van der Waals surface area contributed by atoms with Gasteiger partial charge >= 0.3 is 0 Å². The Morgan fingerprint density at radius 1 is 1.22 bits per heavy atom. The van der Waals surface area contributed by atoms with Gasteiger partial charge < -0.3 is 0 Å². The van der Waals surface area contributed by atoms with E-state index in [2.05, 4.69) is 43.0 Å². The van der Waals surface area contributed by atoms with Crippen molar-refractivity contribution in [3.8, 4) is 6.07 Å². The van der Waals surface area contributed by atoms with Crippen LogP contribution in [0, 0.1) is 23.2 Å². The van der Waals surface area contributed by atoms with E-state index < -0.39 is 0 Å². The lowest BCUT2D eigenvalue weighted by Crippen LogP contribution is -2.38. The van der Waals surface area contributed by atoms with E-state index in [0.717, 1.165) is 23.9 Å². The van der Waals surface area contributed by atoms with Crippen molar-refractivity contribution in [3.63, 3.8) is 0 Å². The van der Waals surface area contributed by atoms with Gasteiger partial charge in [-0.15, -0.1) is 0 Å². The number of piperidine rings is 1. The highest BCUT2D eigenvalue weighted by Crippen LogP contribution is 2.22. The fourth-order valence-corrected chi connectivity index (χ4v) is 3.11. The van der Waals surface area contributed by atoms with Crippen molar-refractivity contribution < 1.29 is 0 Å². The van der Waals surface area contributed by atoms with Crippen LogP contribution >= 0.6 is 0 Å². The zero-order valence-corrected chi connectivity index (χ0v) is 11.4. The van der Waals surface area contributed by atoms with Gasteiger partial charge in [0.05, 0.1) is 12.5 Å². The number of hydrogen-bond acceptors (Lipinski definition) is 2. The molecule has 2 heteroatoms. The van der Waals surface area contributed by atoms with Crippen LogP contribution in [0.1, 0.15) is 31.4 Å². The highest BCUT2D eigenvalue weighted by atomic mass is 15.1. The van der Waals surface area contributed by atoms with E-state index in [1.807, 2.05) is 6.07 Å². The summed E-state index contributed by atoms with van der Waals surface area (Å²) in [6, 6.07) is 10.7. The van der Waals surface area contributed by atoms with E-state index >= 15 is 0 Å². The van der Waals surface area contributed by atoms with E-state index in [1.54, 1.807) is 0 Å². The molecule has 0 aliphatic carbocycles. The maximum Gasteiger partial charge on any atom is 0.0669 e. The molecule has 0 spiro atoms. The second-order valence-corrected chi connectivity index (χ2v) is 5.79. The van der Waals surface area contributed by atoms with Gasteiger partial charge in [0.15, 0.2) is 0 Å². The number of rotatable bonds is 3. The minimum atomic E-state index is 0.515. The predicted octanol–water partition coefficient (Wildman–Crippen LogP) is 3.23. The molecule has 0 bridgehead atoms. The fourth-order valence-electron chi connectivity index (χ4n) is 3.11. The van der Waals surface area contributed by atoms with Crippen LogP contribution < -0.4 is 0 Å². The monoisotopic (exact) mass is 242 g/mol. The first-order valence-corrected chi connectivity index (χ1v) is 6.84. The Balaban J connectivity index is 2.00. The van der Waals surface area contributed by atoms with Gasteiger partial charge in [-0.25, -0.2) is 0 Å². The Morgan fingerprint density at radius 2 is 1.89 bits per heavy atom. The van der Waals surface area contributed by atoms with Crippen molar-refractivity contribution >= 4 is 0 Å². The molecule has 1 aromatic carbocycles. The molecular weight excluding hydrogens is 220 g/mol. The Labute approximate surface area is 110 Å². The van der Waals surface area contributed by atoms with Gasteiger partial charge in [-0.1, -0.05) is 38.1 Å². The summed E-state index contributed by atoms with van der Waals surface area (Å²) in [5.74, 6) is 1.60. The van der Waals surface area contributed by atoms with E-state index in [4.69, 9.17) is 5.26 Å². The van der Waals surface area contributed by atoms with Crippen molar-refractivity contribution in [1.29, 1.82) is 5.26 Å². The molecule has 0 aromatic heterocycles. The highest BCUT2D eigenvalue weighted by molar-refractivity contribution is 5.25. The summed E-state index contributed by atoms with van der Waals surface area (Å²) >= 11 is 0.